The van der Waals surface area contributed by atoms with Crippen LogP contribution >= 0.6 is 0 Å². The number of ether oxygens (including phenoxy) is 1. The molecule has 0 amide bonds. The highest BCUT2D eigenvalue weighted by molar-refractivity contribution is 5.84. The second-order valence-electron chi connectivity index (χ2n) is 7.20. The number of rotatable bonds is 6. The van der Waals surface area contributed by atoms with Crippen molar-refractivity contribution in [2.45, 2.75) is 20.0 Å². The first-order valence-electron chi connectivity index (χ1n) is 9.36. The second kappa shape index (κ2) is 8.01. The highest BCUT2D eigenvalue weighted by atomic mass is 19.1. The minimum absolute atomic E-state index is 0.278. The molecule has 4 aromatic rings. The first kappa shape index (κ1) is 19.1. The molecule has 29 heavy (non-hydrogen) atoms. The summed E-state index contributed by atoms with van der Waals surface area (Å²) >= 11 is 0. The second-order valence-corrected chi connectivity index (χ2v) is 7.20. The Kier molecular flexibility index (Phi) is 5.27. The Labute approximate surface area is 168 Å². The maximum Gasteiger partial charge on any atom is 0.241 e. The molecule has 0 saturated carbocycles. The highest BCUT2D eigenvalue weighted by Gasteiger charge is 2.12. The largest absolute Gasteiger partial charge is 0.497 e. The van der Waals surface area contributed by atoms with E-state index in [1.54, 1.807) is 26.2 Å². The van der Waals surface area contributed by atoms with Gasteiger partial charge in [-0.15, -0.1) is 0 Å². The number of aryl methyl sites for hydroxylation is 1. The number of benzene rings is 3. The molecule has 0 aliphatic rings. The number of fused-ring (bicyclic) bond motifs is 1. The smallest absolute Gasteiger partial charge is 0.241 e. The standard InChI is InChI=1S/C23H22FN3O2/c1-15-4-6-19(12-21(15)24)23-25-22(29-26-23)14-27(2)13-16-5-7-18-11-20(28-3)9-8-17(18)10-16/h4-12H,13-14H2,1-3H3. The van der Waals surface area contributed by atoms with Gasteiger partial charge in [-0.25, -0.2) is 4.39 Å². The molecular weight excluding hydrogens is 369 g/mol. The summed E-state index contributed by atoms with van der Waals surface area (Å²) in [5.74, 6) is 1.46. The van der Waals surface area contributed by atoms with Gasteiger partial charge in [-0.3, -0.25) is 4.90 Å². The van der Waals surface area contributed by atoms with Gasteiger partial charge in [-0.1, -0.05) is 35.5 Å². The van der Waals surface area contributed by atoms with Gasteiger partial charge in [0, 0.05) is 12.1 Å². The Morgan fingerprint density at radius 3 is 2.59 bits per heavy atom. The van der Waals surface area contributed by atoms with E-state index >= 15 is 0 Å². The van der Waals surface area contributed by atoms with E-state index in [4.69, 9.17) is 9.26 Å². The van der Waals surface area contributed by atoms with E-state index in [0.29, 0.717) is 29.4 Å². The van der Waals surface area contributed by atoms with Gasteiger partial charge in [-0.05, 0) is 60.1 Å². The van der Waals surface area contributed by atoms with Crippen LogP contribution in [0.4, 0.5) is 4.39 Å². The molecule has 0 aliphatic heterocycles. The SMILES string of the molecule is COc1ccc2cc(CN(C)Cc3nc(-c4ccc(C)c(F)c4)no3)ccc2c1. The van der Waals surface area contributed by atoms with Crippen LogP contribution in [0.25, 0.3) is 22.2 Å². The van der Waals surface area contributed by atoms with Crippen molar-refractivity contribution in [3.05, 3.63) is 77.4 Å². The zero-order valence-corrected chi connectivity index (χ0v) is 16.6. The van der Waals surface area contributed by atoms with Gasteiger partial charge in [0.2, 0.25) is 11.7 Å². The molecule has 148 valence electrons. The van der Waals surface area contributed by atoms with Gasteiger partial charge in [0.25, 0.3) is 0 Å². The van der Waals surface area contributed by atoms with Crippen LogP contribution in [0.5, 0.6) is 5.75 Å². The minimum Gasteiger partial charge on any atom is -0.497 e. The Morgan fingerprint density at radius 2 is 1.79 bits per heavy atom. The molecule has 0 fully saturated rings. The van der Waals surface area contributed by atoms with E-state index in [0.717, 1.165) is 23.1 Å². The van der Waals surface area contributed by atoms with Crippen LogP contribution in [0.3, 0.4) is 0 Å². The van der Waals surface area contributed by atoms with Crippen molar-refractivity contribution in [1.82, 2.24) is 15.0 Å². The first-order chi connectivity index (χ1) is 14.0. The van der Waals surface area contributed by atoms with Crippen molar-refractivity contribution in [2.24, 2.45) is 0 Å². The van der Waals surface area contributed by atoms with E-state index in [2.05, 4.69) is 39.3 Å². The van der Waals surface area contributed by atoms with E-state index in [9.17, 15) is 4.39 Å². The summed E-state index contributed by atoms with van der Waals surface area (Å²) in [5, 5.41) is 6.29. The third kappa shape index (κ3) is 4.27. The van der Waals surface area contributed by atoms with Crippen molar-refractivity contribution in [1.29, 1.82) is 0 Å². The van der Waals surface area contributed by atoms with Crippen molar-refractivity contribution in [3.8, 4) is 17.1 Å². The summed E-state index contributed by atoms with van der Waals surface area (Å²) in [5.41, 5.74) is 2.38. The summed E-state index contributed by atoms with van der Waals surface area (Å²) in [6.45, 7) is 2.96. The molecule has 0 N–H and O–H groups in total. The molecule has 5 nitrogen and oxygen atoms in total. The average Bonchev–Trinajstić information content (AvgIpc) is 3.17. The monoisotopic (exact) mass is 391 g/mol. The lowest BCUT2D eigenvalue weighted by Gasteiger charge is -2.14. The van der Waals surface area contributed by atoms with Crippen molar-refractivity contribution < 1.29 is 13.7 Å². The zero-order valence-electron chi connectivity index (χ0n) is 16.6. The lowest BCUT2D eigenvalue weighted by Crippen LogP contribution is -2.17. The van der Waals surface area contributed by atoms with Crippen LogP contribution in [0.1, 0.15) is 17.0 Å². The molecule has 1 heterocycles. The molecule has 1 aromatic heterocycles. The van der Waals surface area contributed by atoms with Crippen LogP contribution in [-0.2, 0) is 13.1 Å². The number of nitrogens with zero attached hydrogens (tertiary/aromatic N) is 3. The topological polar surface area (TPSA) is 51.4 Å². The molecule has 0 saturated heterocycles. The summed E-state index contributed by atoms with van der Waals surface area (Å²) in [4.78, 5) is 6.50. The maximum atomic E-state index is 13.8. The molecule has 6 heteroatoms. The molecule has 0 bridgehead atoms. The predicted octanol–water partition coefficient (Wildman–Crippen LogP) is 4.98. The molecular formula is C23H22FN3O2. The van der Waals surface area contributed by atoms with Gasteiger partial charge in [0.15, 0.2) is 0 Å². The molecule has 0 atom stereocenters. The van der Waals surface area contributed by atoms with Crippen LogP contribution < -0.4 is 4.74 Å². The zero-order chi connectivity index (χ0) is 20.4. The molecule has 4 rings (SSSR count). The van der Waals surface area contributed by atoms with Gasteiger partial charge in [0.1, 0.15) is 11.6 Å². The van der Waals surface area contributed by atoms with Crippen LogP contribution in [0, 0.1) is 12.7 Å². The van der Waals surface area contributed by atoms with Crippen molar-refractivity contribution in [3.63, 3.8) is 0 Å². The summed E-state index contributed by atoms with van der Waals surface area (Å²) in [7, 11) is 3.66. The number of halogens is 1. The normalized spacial score (nSPS) is 11.3. The summed E-state index contributed by atoms with van der Waals surface area (Å²) in [6.07, 6.45) is 0. The van der Waals surface area contributed by atoms with E-state index in [-0.39, 0.29) is 5.82 Å². The van der Waals surface area contributed by atoms with Gasteiger partial charge < -0.3 is 9.26 Å². The van der Waals surface area contributed by atoms with Crippen LogP contribution in [0.15, 0.2) is 59.1 Å². The predicted molar refractivity (Wildman–Crippen MR) is 110 cm³/mol. The Balaban J connectivity index is 1.44. The fourth-order valence-corrected chi connectivity index (χ4v) is 3.27. The number of aromatic nitrogens is 2. The fraction of sp³-hybridized carbons (Fsp3) is 0.217. The van der Waals surface area contributed by atoms with Gasteiger partial charge in [0.05, 0.1) is 13.7 Å². The third-order valence-corrected chi connectivity index (χ3v) is 4.87. The molecule has 3 aromatic carbocycles. The summed E-state index contributed by atoms with van der Waals surface area (Å²) < 4.78 is 24.4. The third-order valence-electron chi connectivity index (χ3n) is 4.87. The Morgan fingerprint density at radius 1 is 1.00 bits per heavy atom. The quantitative estimate of drug-likeness (QED) is 0.464. The van der Waals surface area contributed by atoms with Crippen molar-refractivity contribution in [2.75, 3.05) is 14.2 Å². The lowest BCUT2D eigenvalue weighted by molar-refractivity contribution is 0.261. The van der Waals surface area contributed by atoms with E-state index in [1.165, 1.54) is 11.6 Å². The first-order valence-corrected chi connectivity index (χ1v) is 9.36. The Hall–Kier alpha value is -3.25. The number of hydrogen-bond donors (Lipinski definition) is 0. The number of methoxy groups -OCH3 is 1. The average molecular weight is 391 g/mol. The minimum atomic E-state index is -0.278. The van der Waals surface area contributed by atoms with Crippen LogP contribution in [-0.4, -0.2) is 29.2 Å². The van der Waals surface area contributed by atoms with E-state index in [1.807, 2.05) is 19.2 Å². The van der Waals surface area contributed by atoms with Crippen molar-refractivity contribution >= 4 is 10.8 Å². The lowest BCUT2D eigenvalue weighted by atomic mass is 10.1. The van der Waals surface area contributed by atoms with Crippen LogP contribution in [0.2, 0.25) is 0 Å². The van der Waals surface area contributed by atoms with Gasteiger partial charge in [-0.2, -0.15) is 4.98 Å². The van der Waals surface area contributed by atoms with Gasteiger partial charge >= 0.3 is 0 Å². The Bertz CT molecular complexity index is 1160. The molecule has 0 aliphatic carbocycles. The maximum absolute atomic E-state index is 13.8. The summed E-state index contributed by atoms with van der Waals surface area (Å²) in [6, 6.07) is 17.3. The number of hydrogen-bond acceptors (Lipinski definition) is 5. The molecule has 0 radical (unpaired) electrons. The molecule has 0 spiro atoms. The highest BCUT2D eigenvalue weighted by Crippen LogP contribution is 2.23. The van der Waals surface area contributed by atoms with E-state index < -0.39 is 0 Å². The molecule has 0 unspecified atom stereocenters. The fourth-order valence-electron chi connectivity index (χ4n) is 3.27.